The fraction of sp³-hybridized carbons (Fsp3) is 0.417. The van der Waals surface area contributed by atoms with Gasteiger partial charge in [0.1, 0.15) is 22.8 Å². The van der Waals surface area contributed by atoms with Crippen LogP contribution in [0.4, 0.5) is 0 Å². The zero-order valence-corrected chi connectivity index (χ0v) is 17.2. The summed E-state index contributed by atoms with van der Waals surface area (Å²) in [6.45, 7) is 4.31. The third kappa shape index (κ3) is 6.93. The minimum atomic E-state index is -0.569. The van der Waals surface area contributed by atoms with E-state index < -0.39 is 5.97 Å². The molecule has 0 bridgehead atoms. The number of carbonyl (C=O) groups is 2. The number of hydrogen-bond acceptors (Lipinski definition) is 5. The molecule has 156 valence electrons. The summed E-state index contributed by atoms with van der Waals surface area (Å²) in [5.74, 6) is -0.136. The van der Waals surface area contributed by atoms with Crippen LogP contribution in [-0.2, 0) is 0 Å². The first-order valence-corrected chi connectivity index (χ1v) is 10.3. The van der Waals surface area contributed by atoms with Crippen LogP contribution in [0.25, 0.3) is 0 Å². The molecule has 29 heavy (non-hydrogen) atoms. The van der Waals surface area contributed by atoms with E-state index in [0.29, 0.717) is 17.6 Å². The third-order valence-electron chi connectivity index (χ3n) is 4.73. The van der Waals surface area contributed by atoms with Gasteiger partial charge in [0.25, 0.3) is 0 Å². The lowest BCUT2D eigenvalue weighted by Gasteiger charge is -2.20. The Morgan fingerprint density at radius 2 is 1.83 bits per heavy atom. The van der Waals surface area contributed by atoms with E-state index in [0.717, 1.165) is 25.7 Å². The Bertz CT molecular complexity index is 800. The largest absolute Gasteiger partial charge is 0.507 e. The molecule has 1 unspecified atom stereocenters. The smallest absolute Gasteiger partial charge is 0.347 e. The fourth-order valence-electron chi connectivity index (χ4n) is 3.15. The Morgan fingerprint density at radius 3 is 2.52 bits per heavy atom. The second-order valence-corrected chi connectivity index (χ2v) is 7.10. The molecule has 2 aromatic rings. The number of aromatic hydroxyl groups is 1. The van der Waals surface area contributed by atoms with Gasteiger partial charge >= 0.3 is 5.97 Å². The van der Waals surface area contributed by atoms with Crippen molar-refractivity contribution in [2.75, 3.05) is 0 Å². The van der Waals surface area contributed by atoms with Gasteiger partial charge in [-0.15, -0.1) is 0 Å². The number of ether oxygens (including phenoxy) is 2. The second kappa shape index (κ2) is 11.9. The Kier molecular flexibility index (Phi) is 9.22. The number of phenolic OH excluding ortho intramolecular Hbond substituents is 1. The van der Waals surface area contributed by atoms with Crippen molar-refractivity contribution in [3.05, 3.63) is 53.6 Å². The third-order valence-corrected chi connectivity index (χ3v) is 4.73. The number of phenols is 1. The van der Waals surface area contributed by atoms with E-state index in [1.54, 1.807) is 18.2 Å². The van der Waals surface area contributed by atoms with E-state index in [9.17, 15) is 14.7 Å². The molecule has 5 nitrogen and oxygen atoms in total. The van der Waals surface area contributed by atoms with Crippen molar-refractivity contribution < 1.29 is 24.2 Å². The highest BCUT2D eigenvalue weighted by molar-refractivity contribution is 5.94. The van der Waals surface area contributed by atoms with Crippen molar-refractivity contribution in [1.82, 2.24) is 0 Å². The molecule has 0 amide bonds. The fourth-order valence-corrected chi connectivity index (χ4v) is 3.15. The lowest BCUT2D eigenvalue weighted by atomic mass is 10.1. The highest BCUT2D eigenvalue weighted by Gasteiger charge is 2.18. The predicted molar refractivity (Wildman–Crippen MR) is 113 cm³/mol. The minimum absolute atomic E-state index is 0.0572. The van der Waals surface area contributed by atoms with Crippen LogP contribution in [0.15, 0.2) is 42.5 Å². The molecule has 0 radical (unpaired) electrons. The second-order valence-electron chi connectivity index (χ2n) is 7.10. The first-order chi connectivity index (χ1) is 14.1. The minimum Gasteiger partial charge on any atom is -0.507 e. The maximum Gasteiger partial charge on any atom is 0.347 e. The molecule has 5 heteroatoms. The van der Waals surface area contributed by atoms with Crippen molar-refractivity contribution >= 4 is 12.3 Å². The molecule has 1 N–H and O–H groups in total. The van der Waals surface area contributed by atoms with Gasteiger partial charge in [-0.25, -0.2) is 4.79 Å². The summed E-state index contributed by atoms with van der Waals surface area (Å²) in [6.07, 6.45) is 8.19. The number of carbonyl (C=O) groups excluding carboxylic acids is 2. The van der Waals surface area contributed by atoms with E-state index in [2.05, 4.69) is 13.8 Å². The molecule has 0 saturated heterocycles. The number of rotatable bonds is 12. The Morgan fingerprint density at radius 1 is 1.03 bits per heavy atom. The van der Waals surface area contributed by atoms with Crippen LogP contribution >= 0.6 is 0 Å². The molecule has 0 aromatic heterocycles. The molecule has 0 aliphatic rings. The molecular formula is C24H30O5. The van der Waals surface area contributed by atoms with Crippen molar-refractivity contribution in [2.24, 2.45) is 0 Å². The molecule has 0 aliphatic heterocycles. The number of unbranched alkanes of at least 4 members (excludes halogenated alkanes) is 3. The van der Waals surface area contributed by atoms with Gasteiger partial charge in [0.2, 0.25) is 0 Å². The van der Waals surface area contributed by atoms with Crippen LogP contribution in [0.5, 0.6) is 17.2 Å². The molecule has 0 saturated carbocycles. The van der Waals surface area contributed by atoms with Gasteiger partial charge in [0.05, 0.1) is 11.7 Å². The van der Waals surface area contributed by atoms with E-state index in [1.165, 1.54) is 37.5 Å². The van der Waals surface area contributed by atoms with Gasteiger partial charge in [-0.3, -0.25) is 4.79 Å². The van der Waals surface area contributed by atoms with E-state index in [1.807, 2.05) is 6.07 Å². The molecule has 0 fully saturated rings. The molecule has 0 spiro atoms. The molecule has 2 aromatic carbocycles. The quantitative estimate of drug-likeness (QED) is 0.207. The standard InChI is InChI=1S/C24H30O5/c1-3-5-6-7-11-19(10-4-2)28-23-13-9-8-12-21(23)24(27)29-20-15-14-18(17-25)22(26)16-20/h8-9,12-17,19,26H,3-7,10-11H2,1-2H3. The SMILES string of the molecule is CCCCCCC(CCC)Oc1ccccc1C(=O)Oc1ccc(C=O)c(O)c1. The Labute approximate surface area is 172 Å². The molecule has 0 heterocycles. The van der Waals surface area contributed by atoms with Crippen LogP contribution in [0.3, 0.4) is 0 Å². The number of hydrogen-bond donors (Lipinski definition) is 1. The van der Waals surface area contributed by atoms with Crippen molar-refractivity contribution in [1.29, 1.82) is 0 Å². The van der Waals surface area contributed by atoms with Gasteiger partial charge in [0, 0.05) is 6.07 Å². The summed E-state index contributed by atoms with van der Waals surface area (Å²) in [7, 11) is 0. The zero-order valence-electron chi connectivity index (χ0n) is 17.2. The van der Waals surface area contributed by atoms with Crippen LogP contribution < -0.4 is 9.47 Å². The Hall–Kier alpha value is -2.82. The first-order valence-electron chi connectivity index (χ1n) is 10.3. The average molecular weight is 398 g/mol. The summed E-state index contributed by atoms with van der Waals surface area (Å²) in [5.41, 5.74) is 0.472. The van der Waals surface area contributed by atoms with E-state index >= 15 is 0 Å². The van der Waals surface area contributed by atoms with Gasteiger partial charge in [-0.2, -0.15) is 0 Å². The summed E-state index contributed by atoms with van der Waals surface area (Å²) >= 11 is 0. The summed E-state index contributed by atoms with van der Waals surface area (Å²) in [6, 6.07) is 11.1. The Balaban J connectivity index is 2.10. The number of aldehydes is 1. The zero-order chi connectivity index (χ0) is 21.1. The van der Waals surface area contributed by atoms with Crippen LogP contribution in [-0.4, -0.2) is 23.5 Å². The molecular weight excluding hydrogens is 368 g/mol. The summed E-state index contributed by atoms with van der Waals surface area (Å²) in [5, 5.41) is 9.78. The van der Waals surface area contributed by atoms with E-state index in [-0.39, 0.29) is 23.2 Å². The average Bonchev–Trinajstić information content (AvgIpc) is 2.72. The molecule has 2 rings (SSSR count). The maximum absolute atomic E-state index is 12.7. The molecule has 1 atom stereocenters. The highest BCUT2D eigenvalue weighted by Crippen LogP contribution is 2.27. The first kappa shape index (κ1) is 22.5. The van der Waals surface area contributed by atoms with E-state index in [4.69, 9.17) is 9.47 Å². The van der Waals surface area contributed by atoms with Gasteiger partial charge < -0.3 is 14.6 Å². The molecule has 0 aliphatic carbocycles. The lowest BCUT2D eigenvalue weighted by molar-refractivity contribution is 0.0725. The van der Waals surface area contributed by atoms with Crippen LogP contribution in [0, 0.1) is 0 Å². The number of esters is 1. The monoisotopic (exact) mass is 398 g/mol. The normalized spacial score (nSPS) is 11.7. The predicted octanol–water partition coefficient (Wildman–Crippen LogP) is 5.94. The number of para-hydroxylation sites is 1. The topological polar surface area (TPSA) is 72.8 Å². The van der Waals surface area contributed by atoms with Gasteiger partial charge in [0.15, 0.2) is 6.29 Å². The van der Waals surface area contributed by atoms with Gasteiger partial charge in [-0.1, -0.05) is 51.7 Å². The number of benzene rings is 2. The van der Waals surface area contributed by atoms with Crippen molar-refractivity contribution in [3.8, 4) is 17.2 Å². The summed E-state index contributed by atoms with van der Waals surface area (Å²) in [4.78, 5) is 23.5. The summed E-state index contributed by atoms with van der Waals surface area (Å²) < 4.78 is 11.6. The van der Waals surface area contributed by atoms with Gasteiger partial charge in [-0.05, 0) is 43.5 Å². The highest BCUT2D eigenvalue weighted by atomic mass is 16.5. The maximum atomic E-state index is 12.7. The van der Waals surface area contributed by atoms with Crippen molar-refractivity contribution in [2.45, 2.75) is 64.9 Å². The van der Waals surface area contributed by atoms with Crippen molar-refractivity contribution in [3.63, 3.8) is 0 Å². The van der Waals surface area contributed by atoms with Crippen LogP contribution in [0.1, 0.15) is 79.5 Å². The van der Waals surface area contributed by atoms with Crippen LogP contribution in [0.2, 0.25) is 0 Å². The lowest BCUT2D eigenvalue weighted by Crippen LogP contribution is -2.19.